The van der Waals surface area contributed by atoms with Crippen LogP contribution in [0.3, 0.4) is 0 Å². The third kappa shape index (κ3) is 4.30. The topological polar surface area (TPSA) is 114 Å². The molecule has 0 radical (unpaired) electrons. The number of anilines is 1. The minimum atomic E-state index is -0.940. The fourth-order valence-electron chi connectivity index (χ4n) is 1.18. The third-order valence-electron chi connectivity index (χ3n) is 2.23. The fourth-order valence-corrected chi connectivity index (χ4v) is 1.63. The molecule has 0 fully saturated rings. The largest absolute Gasteiger partial charge is 0.468 e. The molecule has 0 aromatic carbocycles. The number of carbonyl (C=O) groups excluding carboxylic acids is 1. The lowest BCUT2D eigenvalue weighted by Gasteiger charge is -2.12. The minimum absolute atomic E-state index is 0.0667. The molecule has 0 saturated heterocycles. The summed E-state index contributed by atoms with van der Waals surface area (Å²) in [6, 6.07) is 0. The molecule has 1 aromatic heterocycles. The summed E-state index contributed by atoms with van der Waals surface area (Å²) in [6.07, 6.45) is 0.391. The van der Waals surface area contributed by atoms with E-state index in [2.05, 4.69) is 31.1 Å². The number of rotatable bonds is 6. The zero-order chi connectivity index (χ0) is 14.4. The van der Waals surface area contributed by atoms with Gasteiger partial charge in [0, 0.05) is 6.54 Å². The summed E-state index contributed by atoms with van der Waals surface area (Å²) in [5.41, 5.74) is -0.146. The lowest BCUT2D eigenvalue weighted by molar-refractivity contribution is -0.141. The van der Waals surface area contributed by atoms with Gasteiger partial charge in [-0.2, -0.15) is 5.10 Å². The molecule has 0 aliphatic carbocycles. The van der Waals surface area contributed by atoms with Crippen LogP contribution in [0, 0.1) is 0 Å². The van der Waals surface area contributed by atoms with Crippen molar-refractivity contribution in [3.05, 3.63) is 21.0 Å². The maximum Gasteiger partial charge on any atom is 0.327 e. The predicted octanol–water partition coefficient (Wildman–Crippen LogP) is -1.06. The first-order valence-corrected chi connectivity index (χ1v) is 6.14. The monoisotopic (exact) mass is 335 g/mol. The Morgan fingerprint density at radius 2 is 2.37 bits per heavy atom. The average Bonchev–Trinajstić information content (AvgIpc) is 2.42. The molecular weight excluding hydrogens is 322 g/mol. The van der Waals surface area contributed by atoms with Crippen LogP contribution < -0.4 is 10.9 Å². The third-order valence-corrected chi connectivity index (χ3v) is 3.00. The number of aliphatic hydroxyl groups excluding tert-OH is 2. The molecule has 8 nitrogen and oxygen atoms in total. The van der Waals surface area contributed by atoms with Gasteiger partial charge in [0.2, 0.25) is 0 Å². The molecule has 0 amide bonds. The molecule has 0 aliphatic rings. The summed E-state index contributed by atoms with van der Waals surface area (Å²) >= 11 is 3.08. The highest BCUT2D eigenvalue weighted by Crippen LogP contribution is 2.15. The summed E-state index contributed by atoms with van der Waals surface area (Å²) in [4.78, 5) is 22.9. The van der Waals surface area contributed by atoms with Crippen LogP contribution in [0.1, 0.15) is 0 Å². The van der Waals surface area contributed by atoms with E-state index >= 15 is 0 Å². The van der Waals surface area contributed by atoms with Gasteiger partial charge in [0.05, 0.1) is 31.7 Å². The molecule has 0 bridgehead atoms. The first-order chi connectivity index (χ1) is 8.99. The number of nitrogens with one attached hydrogen (secondary N) is 1. The van der Waals surface area contributed by atoms with Gasteiger partial charge >= 0.3 is 5.97 Å². The Morgan fingerprint density at radius 3 is 2.95 bits per heavy atom. The second-order valence-electron chi connectivity index (χ2n) is 3.63. The van der Waals surface area contributed by atoms with E-state index in [0.717, 1.165) is 4.68 Å². The van der Waals surface area contributed by atoms with Crippen LogP contribution in [-0.4, -0.2) is 52.3 Å². The van der Waals surface area contributed by atoms with Gasteiger partial charge in [-0.15, -0.1) is 0 Å². The molecule has 1 rings (SSSR count). The van der Waals surface area contributed by atoms with Crippen molar-refractivity contribution in [1.29, 1.82) is 0 Å². The van der Waals surface area contributed by atoms with E-state index in [1.165, 1.54) is 13.3 Å². The van der Waals surface area contributed by atoms with Gasteiger partial charge in [-0.1, -0.05) is 0 Å². The molecule has 0 spiro atoms. The van der Waals surface area contributed by atoms with E-state index in [4.69, 9.17) is 5.11 Å². The first-order valence-electron chi connectivity index (χ1n) is 5.34. The summed E-state index contributed by atoms with van der Waals surface area (Å²) < 4.78 is 5.57. The van der Waals surface area contributed by atoms with Crippen LogP contribution in [0.4, 0.5) is 5.69 Å². The second kappa shape index (κ2) is 7.22. The average molecular weight is 336 g/mol. The van der Waals surface area contributed by atoms with E-state index in [0.29, 0.717) is 5.69 Å². The number of aromatic nitrogens is 2. The van der Waals surface area contributed by atoms with Gasteiger partial charge in [-0.25, -0.2) is 4.68 Å². The quantitative estimate of drug-likeness (QED) is 0.568. The maximum absolute atomic E-state index is 11.8. The van der Waals surface area contributed by atoms with Crippen molar-refractivity contribution in [1.82, 2.24) is 9.78 Å². The number of nitrogens with zero attached hydrogens (tertiary/aromatic N) is 2. The van der Waals surface area contributed by atoms with E-state index in [-0.39, 0.29) is 17.6 Å². The number of halogens is 1. The number of ether oxygens (including phenoxy) is 1. The van der Waals surface area contributed by atoms with Crippen molar-refractivity contribution in [2.24, 2.45) is 0 Å². The smallest absolute Gasteiger partial charge is 0.327 e. The molecule has 1 aromatic rings. The van der Waals surface area contributed by atoms with Gasteiger partial charge in [0.1, 0.15) is 11.0 Å². The summed E-state index contributed by atoms with van der Waals surface area (Å²) in [7, 11) is 1.22. The van der Waals surface area contributed by atoms with E-state index in [1.807, 2.05) is 0 Å². The molecule has 1 unspecified atom stereocenters. The molecule has 1 atom stereocenters. The van der Waals surface area contributed by atoms with Gasteiger partial charge in [0.25, 0.3) is 5.56 Å². The number of aliphatic hydroxyl groups is 2. The fraction of sp³-hybridized carbons (Fsp3) is 0.500. The minimum Gasteiger partial charge on any atom is -0.468 e. The molecule has 0 aliphatic heterocycles. The lowest BCUT2D eigenvalue weighted by atomic mass is 10.3. The summed E-state index contributed by atoms with van der Waals surface area (Å²) in [6.45, 7) is -0.609. The molecule has 0 saturated carbocycles. The highest BCUT2D eigenvalue weighted by atomic mass is 79.9. The number of carbonyl (C=O) groups is 1. The van der Waals surface area contributed by atoms with Gasteiger partial charge in [-0.05, 0) is 15.9 Å². The first kappa shape index (κ1) is 15.6. The second-order valence-corrected chi connectivity index (χ2v) is 4.42. The number of hydrogen-bond donors (Lipinski definition) is 3. The van der Waals surface area contributed by atoms with Crippen LogP contribution in [-0.2, 0) is 16.1 Å². The Bertz CT molecular complexity index is 504. The standard InChI is InChI=1S/C10H14BrN3O5/c1-19-8(17)4-14-10(18)9(11)7(3-13-14)12-2-6(16)5-15/h3,6,12,15-16H,2,4-5H2,1H3. The van der Waals surface area contributed by atoms with Crippen LogP contribution in [0.15, 0.2) is 15.5 Å². The predicted molar refractivity (Wildman–Crippen MR) is 69.8 cm³/mol. The van der Waals surface area contributed by atoms with Crippen molar-refractivity contribution in [3.8, 4) is 0 Å². The summed E-state index contributed by atoms with van der Waals surface area (Å²) in [5, 5.41) is 24.4. The highest BCUT2D eigenvalue weighted by Gasteiger charge is 2.12. The Balaban J connectivity index is 2.85. The summed E-state index contributed by atoms with van der Waals surface area (Å²) in [5.74, 6) is -0.585. The van der Waals surface area contributed by atoms with E-state index in [1.54, 1.807) is 0 Å². The molecule has 19 heavy (non-hydrogen) atoms. The molecule has 106 valence electrons. The van der Waals surface area contributed by atoms with Crippen LogP contribution in [0.2, 0.25) is 0 Å². The van der Waals surface area contributed by atoms with Crippen LogP contribution in [0.25, 0.3) is 0 Å². The van der Waals surface area contributed by atoms with Crippen molar-refractivity contribution in [2.45, 2.75) is 12.6 Å². The SMILES string of the molecule is COC(=O)Cn1ncc(NCC(O)CO)c(Br)c1=O. The van der Waals surface area contributed by atoms with E-state index in [9.17, 15) is 14.7 Å². The zero-order valence-corrected chi connectivity index (χ0v) is 11.8. The molecule has 9 heteroatoms. The van der Waals surface area contributed by atoms with Crippen LogP contribution in [0.5, 0.6) is 0 Å². The van der Waals surface area contributed by atoms with Crippen molar-refractivity contribution >= 4 is 27.6 Å². The van der Waals surface area contributed by atoms with Gasteiger partial charge < -0.3 is 20.3 Å². The Labute approximate surface area is 117 Å². The zero-order valence-electron chi connectivity index (χ0n) is 10.2. The number of methoxy groups -OCH3 is 1. The van der Waals surface area contributed by atoms with Crippen molar-refractivity contribution < 1.29 is 19.7 Å². The highest BCUT2D eigenvalue weighted by molar-refractivity contribution is 9.10. The Morgan fingerprint density at radius 1 is 1.68 bits per heavy atom. The number of hydrogen-bond acceptors (Lipinski definition) is 7. The molecule has 1 heterocycles. The maximum atomic E-state index is 11.8. The van der Waals surface area contributed by atoms with Crippen LogP contribution >= 0.6 is 15.9 Å². The molecule has 3 N–H and O–H groups in total. The van der Waals surface area contributed by atoms with Crippen molar-refractivity contribution in [2.75, 3.05) is 25.6 Å². The Kier molecular flexibility index (Phi) is 5.93. The van der Waals surface area contributed by atoms with Gasteiger partial charge in [-0.3, -0.25) is 9.59 Å². The van der Waals surface area contributed by atoms with Crippen molar-refractivity contribution in [3.63, 3.8) is 0 Å². The lowest BCUT2D eigenvalue weighted by Crippen LogP contribution is -2.29. The van der Waals surface area contributed by atoms with E-state index < -0.39 is 24.2 Å². The van der Waals surface area contributed by atoms with Gasteiger partial charge in [0.15, 0.2) is 0 Å². The molecular formula is C10H14BrN3O5. The number of esters is 1. The Hall–Kier alpha value is -1.45. The normalized spacial score (nSPS) is 12.0.